The van der Waals surface area contributed by atoms with Crippen LogP contribution in [0.3, 0.4) is 0 Å². The van der Waals surface area contributed by atoms with E-state index in [1.807, 2.05) is 0 Å². The highest BCUT2D eigenvalue weighted by Crippen LogP contribution is 1.92. The van der Waals surface area contributed by atoms with Crippen molar-refractivity contribution in [2.45, 2.75) is 0 Å². The minimum atomic E-state index is -1.14. The van der Waals surface area contributed by atoms with Crippen LogP contribution in [0.5, 0.6) is 0 Å². The van der Waals surface area contributed by atoms with Crippen molar-refractivity contribution >= 4 is 11.9 Å². The van der Waals surface area contributed by atoms with E-state index in [1.165, 1.54) is 4.90 Å². The van der Waals surface area contributed by atoms with Crippen molar-refractivity contribution in [3.8, 4) is 0 Å². The fraction of sp³-hybridized carbons (Fsp3) is 0.200. The maximum Gasteiger partial charge on any atom is 0.328 e. The van der Waals surface area contributed by atoms with E-state index in [-0.39, 0.29) is 5.91 Å². The molecule has 0 aromatic rings. The maximum atomic E-state index is 11.3. The minimum absolute atomic E-state index is 0.368. The molecule has 1 N–H and O–H groups in total. The van der Waals surface area contributed by atoms with Crippen LogP contribution in [-0.4, -0.2) is 35.0 Å². The van der Waals surface area contributed by atoms with Crippen LogP contribution in [-0.2, 0) is 9.59 Å². The molecule has 0 radical (unpaired) electrons. The predicted molar refractivity (Wildman–Crippen MR) is 53.7 cm³/mol. The van der Waals surface area contributed by atoms with Crippen LogP contribution in [0.1, 0.15) is 0 Å². The Balaban J connectivity index is 4.34. The number of nitrogens with zero attached hydrogens (tertiary/aromatic N) is 1. The molecule has 0 spiro atoms. The zero-order chi connectivity index (χ0) is 11.0. The van der Waals surface area contributed by atoms with Gasteiger partial charge in [-0.3, -0.25) is 4.79 Å². The number of rotatable bonds is 6. The molecule has 0 aliphatic carbocycles. The molecule has 0 unspecified atom stereocenters. The molecular weight excluding hydrogens is 182 g/mol. The molecule has 0 rings (SSSR count). The molecule has 76 valence electrons. The summed E-state index contributed by atoms with van der Waals surface area (Å²) in [5.41, 5.74) is 0. The van der Waals surface area contributed by atoms with Crippen LogP contribution in [0.4, 0.5) is 0 Å². The summed E-state index contributed by atoms with van der Waals surface area (Å²) in [7, 11) is 0. The van der Waals surface area contributed by atoms with Gasteiger partial charge >= 0.3 is 5.97 Å². The molecule has 0 saturated carbocycles. The van der Waals surface area contributed by atoms with Gasteiger partial charge in [0.2, 0.25) is 5.91 Å². The summed E-state index contributed by atoms with van der Waals surface area (Å²) in [6.45, 7) is 7.72. The Morgan fingerprint density at radius 3 is 2.00 bits per heavy atom. The summed E-state index contributed by atoms with van der Waals surface area (Å²) < 4.78 is 0. The second-order valence-electron chi connectivity index (χ2n) is 2.49. The molecule has 4 nitrogen and oxygen atoms in total. The first-order chi connectivity index (χ1) is 6.61. The third-order valence-electron chi connectivity index (χ3n) is 1.38. The molecule has 14 heavy (non-hydrogen) atoms. The Hall–Kier alpha value is -1.84. The van der Waals surface area contributed by atoms with Crippen LogP contribution < -0.4 is 0 Å². The summed E-state index contributed by atoms with van der Waals surface area (Å²) in [6.07, 6.45) is 4.95. The van der Waals surface area contributed by atoms with Crippen molar-refractivity contribution in [2.24, 2.45) is 0 Å². The van der Waals surface area contributed by atoms with Crippen LogP contribution in [0.25, 0.3) is 0 Å². The van der Waals surface area contributed by atoms with Gasteiger partial charge < -0.3 is 10.0 Å². The van der Waals surface area contributed by atoms with E-state index in [2.05, 4.69) is 13.2 Å². The first-order valence-corrected chi connectivity index (χ1v) is 4.03. The SMILES string of the molecule is C=CCN(CC=C)C(=O)C=CC(=O)O. The van der Waals surface area contributed by atoms with Gasteiger partial charge in [-0.1, -0.05) is 12.2 Å². The van der Waals surface area contributed by atoms with Crippen LogP contribution in [0.2, 0.25) is 0 Å². The number of carboxylic acid groups (broad SMARTS) is 1. The third kappa shape index (κ3) is 4.92. The van der Waals surface area contributed by atoms with Gasteiger partial charge in [-0.15, -0.1) is 13.2 Å². The van der Waals surface area contributed by atoms with Gasteiger partial charge in [0.25, 0.3) is 0 Å². The number of carboxylic acids is 1. The molecule has 0 aromatic heterocycles. The molecular formula is C10H13NO3. The van der Waals surface area contributed by atoms with Crippen molar-refractivity contribution in [3.05, 3.63) is 37.5 Å². The fourth-order valence-electron chi connectivity index (χ4n) is 0.814. The highest BCUT2D eigenvalue weighted by atomic mass is 16.4. The summed E-state index contributed by atoms with van der Waals surface area (Å²) >= 11 is 0. The Morgan fingerprint density at radius 1 is 1.14 bits per heavy atom. The van der Waals surface area contributed by atoms with Gasteiger partial charge in [0.05, 0.1) is 0 Å². The van der Waals surface area contributed by atoms with E-state index >= 15 is 0 Å². The summed E-state index contributed by atoms with van der Waals surface area (Å²) in [6, 6.07) is 0. The average molecular weight is 195 g/mol. The summed E-state index contributed by atoms with van der Waals surface area (Å²) in [5.74, 6) is -1.51. The van der Waals surface area contributed by atoms with Gasteiger partial charge in [0.1, 0.15) is 0 Å². The molecule has 0 fully saturated rings. The van der Waals surface area contributed by atoms with E-state index in [1.54, 1.807) is 12.2 Å². The van der Waals surface area contributed by atoms with Crippen molar-refractivity contribution in [3.63, 3.8) is 0 Å². The lowest BCUT2D eigenvalue weighted by molar-refractivity contribution is -0.132. The number of carbonyl (C=O) groups excluding carboxylic acids is 1. The van der Waals surface area contributed by atoms with Crippen molar-refractivity contribution in [1.82, 2.24) is 4.90 Å². The topological polar surface area (TPSA) is 57.6 Å². The highest BCUT2D eigenvalue weighted by molar-refractivity contribution is 5.94. The lowest BCUT2D eigenvalue weighted by atomic mass is 10.4. The van der Waals surface area contributed by atoms with Gasteiger partial charge in [-0.05, 0) is 0 Å². The molecule has 0 aromatic carbocycles. The van der Waals surface area contributed by atoms with Gasteiger partial charge in [-0.2, -0.15) is 0 Å². The quantitative estimate of drug-likeness (QED) is 0.504. The molecule has 0 saturated heterocycles. The van der Waals surface area contributed by atoms with Gasteiger partial charge in [0.15, 0.2) is 0 Å². The molecule has 0 bridgehead atoms. The van der Waals surface area contributed by atoms with Crippen LogP contribution >= 0.6 is 0 Å². The number of carbonyl (C=O) groups is 2. The molecule has 4 heteroatoms. The van der Waals surface area contributed by atoms with E-state index in [9.17, 15) is 9.59 Å². The molecule has 0 aliphatic heterocycles. The van der Waals surface area contributed by atoms with Crippen LogP contribution in [0, 0.1) is 0 Å². The monoisotopic (exact) mass is 195 g/mol. The minimum Gasteiger partial charge on any atom is -0.478 e. The number of hydrogen-bond donors (Lipinski definition) is 1. The lowest BCUT2D eigenvalue weighted by Crippen LogP contribution is -2.29. The first kappa shape index (κ1) is 12.2. The fourth-order valence-corrected chi connectivity index (χ4v) is 0.814. The highest BCUT2D eigenvalue weighted by Gasteiger charge is 2.06. The summed E-state index contributed by atoms with van der Waals surface area (Å²) in [5, 5.41) is 8.31. The van der Waals surface area contributed by atoms with E-state index in [4.69, 9.17) is 5.11 Å². The molecule has 1 amide bonds. The van der Waals surface area contributed by atoms with E-state index < -0.39 is 5.97 Å². The second-order valence-corrected chi connectivity index (χ2v) is 2.49. The second kappa shape index (κ2) is 6.65. The van der Waals surface area contributed by atoms with Gasteiger partial charge in [-0.25, -0.2) is 4.79 Å². The Morgan fingerprint density at radius 2 is 1.64 bits per heavy atom. The zero-order valence-corrected chi connectivity index (χ0v) is 7.85. The number of hydrogen-bond acceptors (Lipinski definition) is 2. The lowest BCUT2D eigenvalue weighted by Gasteiger charge is -2.16. The van der Waals surface area contributed by atoms with Crippen molar-refractivity contribution < 1.29 is 14.7 Å². The zero-order valence-electron chi connectivity index (χ0n) is 7.85. The van der Waals surface area contributed by atoms with Gasteiger partial charge in [0, 0.05) is 25.2 Å². The number of aliphatic carboxylic acids is 1. The Labute approximate surface area is 82.8 Å². The molecule has 0 heterocycles. The van der Waals surface area contributed by atoms with Crippen molar-refractivity contribution in [2.75, 3.05) is 13.1 Å². The number of amides is 1. The predicted octanol–water partition coefficient (Wildman–Crippen LogP) is 0.828. The van der Waals surface area contributed by atoms with Crippen molar-refractivity contribution in [1.29, 1.82) is 0 Å². The largest absolute Gasteiger partial charge is 0.478 e. The first-order valence-electron chi connectivity index (χ1n) is 4.03. The standard InChI is InChI=1S/C10H13NO3/c1-3-7-11(8-4-2)9(12)5-6-10(13)14/h3-6H,1-2,7-8H2,(H,13,14). The maximum absolute atomic E-state index is 11.3. The third-order valence-corrected chi connectivity index (χ3v) is 1.38. The van der Waals surface area contributed by atoms with Crippen LogP contribution in [0.15, 0.2) is 37.5 Å². The Bertz CT molecular complexity index is 259. The molecule has 0 atom stereocenters. The molecule has 0 aliphatic rings. The normalized spacial score (nSPS) is 9.71. The van der Waals surface area contributed by atoms with E-state index in [0.717, 1.165) is 12.2 Å². The summed E-state index contributed by atoms with van der Waals surface area (Å²) in [4.78, 5) is 22.9. The van der Waals surface area contributed by atoms with E-state index in [0.29, 0.717) is 13.1 Å². The Kier molecular flexibility index (Phi) is 5.78. The smallest absolute Gasteiger partial charge is 0.328 e. The average Bonchev–Trinajstić information content (AvgIpc) is 2.14.